The van der Waals surface area contributed by atoms with E-state index in [1.165, 1.54) is 5.56 Å². The first-order valence-corrected chi connectivity index (χ1v) is 7.08. The molecular formula is C16H12ClN3O. The molecule has 2 heterocycles. The molecule has 21 heavy (non-hydrogen) atoms. The average Bonchev–Trinajstić information content (AvgIpc) is 2.92. The van der Waals surface area contributed by atoms with Gasteiger partial charge >= 0.3 is 0 Å². The van der Waals surface area contributed by atoms with Crippen LogP contribution in [-0.4, -0.2) is 15.0 Å². The Morgan fingerprint density at radius 3 is 2.86 bits per heavy atom. The molecule has 2 aromatic carbocycles. The van der Waals surface area contributed by atoms with Crippen molar-refractivity contribution in [3.8, 4) is 17.0 Å². The molecule has 4 rings (SSSR count). The van der Waals surface area contributed by atoms with Crippen molar-refractivity contribution >= 4 is 11.6 Å². The smallest absolute Gasteiger partial charge is 0.134 e. The maximum atomic E-state index is 6.12. The minimum Gasteiger partial charge on any atom is -0.486 e. The molecule has 0 N–H and O–H groups in total. The molecule has 0 aliphatic carbocycles. The van der Waals surface area contributed by atoms with Gasteiger partial charge in [0.15, 0.2) is 0 Å². The quantitative estimate of drug-likeness (QED) is 0.726. The number of benzene rings is 2. The maximum Gasteiger partial charge on any atom is 0.134 e. The Kier molecular flexibility index (Phi) is 2.89. The van der Waals surface area contributed by atoms with Crippen LogP contribution in [0.15, 0.2) is 48.5 Å². The summed E-state index contributed by atoms with van der Waals surface area (Å²) in [6, 6.07) is 15.8. The van der Waals surface area contributed by atoms with Gasteiger partial charge in [-0.1, -0.05) is 47.1 Å². The number of halogens is 1. The Morgan fingerprint density at radius 2 is 2.00 bits per heavy atom. The van der Waals surface area contributed by atoms with Gasteiger partial charge in [-0.05, 0) is 23.8 Å². The van der Waals surface area contributed by atoms with Gasteiger partial charge < -0.3 is 4.74 Å². The zero-order valence-electron chi connectivity index (χ0n) is 11.2. The third-order valence-corrected chi connectivity index (χ3v) is 3.78. The SMILES string of the molecule is Clc1ccc2c(c1)-c1c(nnn1Cc1ccccc1)CO2. The molecule has 104 valence electrons. The van der Waals surface area contributed by atoms with Crippen LogP contribution in [0.2, 0.25) is 5.02 Å². The number of aromatic nitrogens is 3. The van der Waals surface area contributed by atoms with Gasteiger partial charge in [-0.3, -0.25) is 0 Å². The third kappa shape index (κ3) is 2.17. The Bertz CT molecular complexity index is 799. The Morgan fingerprint density at radius 1 is 1.14 bits per heavy atom. The van der Waals surface area contributed by atoms with Crippen LogP contribution in [0.5, 0.6) is 5.75 Å². The van der Waals surface area contributed by atoms with Gasteiger partial charge in [0.05, 0.1) is 12.2 Å². The van der Waals surface area contributed by atoms with Gasteiger partial charge in [0, 0.05) is 10.6 Å². The van der Waals surface area contributed by atoms with Gasteiger partial charge in [0.2, 0.25) is 0 Å². The van der Waals surface area contributed by atoms with E-state index in [1.54, 1.807) is 0 Å². The summed E-state index contributed by atoms with van der Waals surface area (Å²) in [5.41, 5.74) is 3.97. The molecule has 1 aromatic heterocycles. The molecule has 5 heteroatoms. The van der Waals surface area contributed by atoms with Crippen LogP contribution >= 0.6 is 11.6 Å². The fourth-order valence-electron chi connectivity index (χ4n) is 2.57. The summed E-state index contributed by atoms with van der Waals surface area (Å²) in [6.07, 6.45) is 0. The summed E-state index contributed by atoms with van der Waals surface area (Å²) < 4.78 is 7.60. The molecule has 0 fully saturated rings. The molecule has 0 unspecified atom stereocenters. The average molecular weight is 298 g/mol. The van der Waals surface area contributed by atoms with Crippen molar-refractivity contribution in [2.45, 2.75) is 13.2 Å². The van der Waals surface area contributed by atoms with Crippen molar-refractivity contribution < 1.29 is 4.74 Å². The summed E-state index contributed by atoms with van der Waals surface area (Å²) in [5, 5.41) is 9.17. The monoisotopic (exact) mass is 297 g/mol. The standard InChI is InChI=1S/C16H12ClN3O/c17-12-6-7-15-13(8-12)16-14(10-21-15)18-19-20(16)9-11-4-2-1-3-5-11/h1-8H,9-10H2. The fourth-order valence-corrected chi connectivity index (χ4v) is 2.74. The van der Waals surface area contributed by atoms with Gasteiger partial charge in [0.25, 0.3) is 0 Å². The van der Waals surface area contributed by atoms with Crippen LogP contribution in [0.3, 0.4) is 0 Å². The van der Waals surface area contributed by atoms with Crippen molar-refractivity contribution in [1.29, 1.82) is 0 Å². The van der Waals surface area contributed by atoms with Crippen LogP contribution in [0.25, 0.3) is 11.3 Å². The molecule has 0 saturated heterocycles. The van der Waals surface area contributed by atoms with E-state index in [-0.39, 0.29) is 0 Å². The Hall–Kier alpha value is -2.33. The van der Waals surface area contributed by atoms with Crippen molar-refractivity contribution in [2.75, 3.05) is 0 Å². The lowest BCUT2D eigenvalue weighted by Crippen LogP contribution is -2.09. The molecule has 4 nitrogen and oxygen atoms in total. The van der Waals surface area contributed by atoms with E-state index in [2.05, 4.69) is 22.4 Å². The fraction of sp³-hybridized carbons (Fsp3) is 0.125. The second-order valence-corrected chi connectivity index (χ2v) is 5.39. The van der Waals surface area contributed by atoms with E-state index in [1.807, 2.05) is 41.1 Å². The number of hydrogen-bond donors (Lipinski definition) is 0. The van der Waals surface area contributed by atoms with Gasteiger partial charge in [-0.25, -0.2) is 4.68 Å². The van der Waals surface area contributed by atoms with Gasteiger partial charge in [-0.15, -0.1) is 5.10 Å². The number of nitrogens with zero attached hydrogens (tertiary/aromatic N) is 3. The molecule has 1 aliphatic rings. The third-order valence-electron chi connectivity index (χ3n) is 3.54. The first-order chi connectivity index (χ1) is 10.3. The number of hydrogen-bond acceptors (Lipinski definition) is 3. The normalized spacial score (nSPS) is 12.4. The van der Waals surface area contributed by atoms with Crippen molar-refractivity contribution in [2.24, 2.45) is 0 Å². The molecule has 0 atom stereocenters. The lowest BCUT2D eigenvalue weighted by atomic mass is 10.1. The predicted molar refractivity (Wildman–Crippen MR) is 80.3 cm³/mol. The lowest BCUT2D eigenvalue weighted by molar-refractivity contribution is 0.297. The van der Waals surface area contributed by atoms with E-state index in [9.17, 15) is 0 Å². The van der Waals surface area contributed by atoms with Gasteiger partial charge in [-0.2, -0.15) is 0 Å². The van der Waals surface area contributed by atoms with Crippen LogP contribution in [0.1, 0.15) is 11.3 Å². The second kappa shape index (κ2) is 4.90. The van der Waals surface area contributed by atoms with Crippen molar-refractivity contribution in [3.63, 3.8) is 0 Å². The minimum absolute atomic E-state index is 0.443. The summed E-state index contributed by atoms with van der Waals surface area (Å²) in [7, 11) is 0. The predicted octanol–water partition coefficient (Wildman–Crippen LogP) is 3.54. The van der Waals surface area contributed by atoms with E-state index in [4.69, 9.17) is 16.3 Å². The Balaban J connectivity index is 1.81. The van der Waals surface area contributed by atoms with Gasteiger partial charge in [0.1, 0.15) is 18.1 Å². The highest BCUT2D eigenvalue weighted by atomic mass is 35.5. The molecular weight excluding hydrogens is 286 g/mol. The van der Waals surface area contributed by atoms with Crippen molar-refractivity contribution in [1.82, 2.24) is 15.0 Å². The van der Waals surface area contributed by atoms with E-state index < -0.39 is 0 Å². The lowest BCUT2D eigenvalue weighted by Gasteiger charge is -2.18. The second-order valence-electron chi connectivity index (χ2n) is 4.96. The van der Waals surface area contributed by atoms with Crippen LogP contribution in [0, 0.1) is 0 Å². The first kappa shape index (κ1) is 12.4. The van der Waals surface area contributed by atoms with Crippen LogP contribution < -0.4 is 4.74 Å². The van der Waals surface area contributed by atoms with E-state index in [0.717, 1.165) is 22.7 Å². The van der Waals surface area contributed by atoms with Crippen molar-refractivity contribution in [3.05, 3.63) is 64.8 Å². The van der Waals surface area contributed by atoms with E-state index in [0.29, 0.717) is 18.2 Å². The molecule has 1 aliphatic heterocycles. The summed E-state index contributed by atoms with van der Waals surface area (Å²) in [4.78, 5) is 0. The summed E-state index contributed by atoms with van der Waals surface area (Å²) in [6.45, 7) is 1.12. The molecule has 3 aromatic rings. The van der Waals surface area contributed by atoms with Crippen LogP contribution in [0.4, 0.5) is 0 Å². The Labute approximate surface area is 126 Å². The largest absolute Gasteiger partial charge is 0.486 e. The van der Waals surface area contributed by atoms with E-state index >= 15 is 0 Å². The molecule has 0 amide bonds. The number of rotatable bonds is 2. The first-order valence-electron chi connectivity index (χ1n) is 6.70. The highest BCUT2D eigenvalue weighted by molar-refractivity contribution is 6.31. The topological polar surface area (TPSA) is 39.9 Å². The zero-order chi connectivity index (χ0) is 14.2. The number of fused-ring (bicyclic) bond motifs is 3. The summed E-state index contributed by atoms with van der Waals surface area (Å²) >= 11 is 6.12. The molecule has 0 saturated carbocycles. The minimum atomic E-state index is 0.443. The molecule has 0 spiro atoms. The molecule has 0 bridgehead atoms. The van der Waals surface area contributed by atoms with Crippen LogP contribution in [-0.2, 0) is 13.2 Å². The highest BCUT2D eigenvalue weighted by Crippen LogP contribution is 2.38. The summed E-state index contributed by atoms with van der Waals surface area (Å²) in [5.74, 6) is 0.823. The zero-order valence-corrected chi connectivity index (χ0v) is 11.9. The highest BCUT2D eigenvalue weighted by Gasteiger charge is 2.24. The number of ether oxygens (including phenoxy) is 1. The maximum absolute atomic E-state index is 6.12. The molecule has 0 radical (unpaired) electrons.